The van der Waals surface area contributed by atoms with Crippen LogP contribution in [-0.4, -0.2) is 96.9 Å². The fraction of sp³-hybridized carbons (Fsp3) is 0.920. The van der Waals surface area contributed by atoms with Crippen molar-refractivity contribution >= 4 is 35.2 Å². The van der Waals surface area contributed by atoms with Crippen molar-refractivity contribution in [2.75, 3.05) is 33.3 Å². The lowest BCUT2D eigenvalue weighted by Gasteiger charge is -2.45. The number of thioether (sulfide) groups is 1. The van der Waals surface area contributed by atoms with E-state index in [1.54, 1.807) is 23.8 Å². The molecule has 4 N–H and O–H groups in total. The van der Waals surface area contributed by atoms with Gasteiger partial charge in [0.1, 0.15) is 5.50 Å². The van der Waals surface area contributed by atoms with Gasteiger partial charge in [0.25, 0.3) is 0 Å². The summed E-state index contributed by atoms with van der Waals surface area (Å²) >= 11 is 8.04. The fourth-order valence-corrected chi connectivity index (χ4v) is 8.87. The Morgan fingerprint density at radius 2 is 1.87 bits per heavy atom. The number of likely N-dealkylation sites (tertiary alicyclic amines) is 1. The molecular weight excluding hydrogens is 559 g/mol. The summed E-state index contributed by atoms with van der Waals surface area (Å²) in [7, 11) is 1.71. The monoisotopic (exact) mass is 597 g/mol. The highest BCUT2D eigenvalue weighted by atomic mass is 35.5. The molecule has 9 nitrogen and oxygen atoms in total. The molecule has 5 aliphatic rings. The summed E-state index contributed by atoms with van der Waals surface area (Å²) in [6.45, 7) is 4.40. The van der Waals surface area contributed by atoms with Gasteiger partial charge in [-0.2, -0.15) is 0 Å². The summed E-state index contributed by atoms with van der Waals surface area (Å²) in [5, 5.41) is 13.5. The summed E-state index contributed by atoms with van der Waals surface area (Å²) in [4.78, 5) is 28.3. The Morgan fingerprint density at radius 3 is 2.59 bits per heavy atom. The summed E-state index contributed by atoms with van der Waals surface area (Å²) in [5.41, 5.74) is -0.396. The SMILES string of the molecule is COC1CNC(Cl)CC1C1CC(C)NCC1C(=O)NC1NC2CN(C(=O)C3CCC(OC(F)(F)F)C3)CC2S1. The van der Waals surface area contributed by atoms with E-state index in [4.69, 9.17) is 16.3 Å². The second-order valence-corrected chi connectivity index (χ2v) is 13.5. The maximum absolute atomic E-state index is 13.5. The molecule has 0 bridgehead atoms. The van der Waals surface area contributed by atoms with Crippen molar-refractivity contribution in [3.8, 4) is 0 Å². The lowest BCUT2D eigenvalue weighted by molar-refractivity contribution is -0.341. The molecule has 1 saturated carbocycles. The molecule has 5 fully saturated rings. The first-order chi connectivity index (χ1) is 18.5. The van der Waals surface area contributed by atoms with Gasteiger partial charge < -0.3 is 20.3 Å². The van der Waals surface area contributed by atoms with Crippen LogP contribution in [0.25, 0.3) is 0 Å². The summed E-state index contributed by atoms with van der Waals surface area (Å²) in [6, 6.07) is 0.324. The van der Waals surface area contributed by atoms with Crippen molar-refractivity contribution in [1.29, 1.82) is 0 Å². The molecular formula is C25H39ClF3N5O4S. The average molecular weight is 598 g/mol. The van der Waals surface area contributed by atoms with E-state index in [0.29, 0.717) is 38.6 Å². The van der Waals surface area contributed by atoms with Gasteiger partial charge in [0.15, 0.2) is 0 Å². The zero-order chi connectivity index (χ0) is 27.9. The topological polar surface area (TPSA) is 104 Å². The van der Waals surface area contributed by atoms with E-state index < -0.39 is 18.4 Å². The quantitative estimate of drug-likeness (QED) is 0.272. The Kier molecular flexibility index (Phi) is 9.27. The molecule has 0 radical (unpaired) electrons. The van der Waals surface area contributed by atoms with E-state index in [0.717, 1.165) is 12.8 Å². The number of halogens is 4. The molecule has 4 heterocycles. The van der Waals surface area contributed by atoms with Crippen molar-refractivity contribution < 1.29 is 32.2 Å². The molecule has 2 amide bonds. The number of carbonyl (C=O) groups excluding carboxylic acids is 2. The zero-order valence-corrected chi connectivity index (χ0v) is 23.8. The Labute approximate surface area is 236 Å². The molecule has 0 aromatic heterocycles. The minimum atomic E-state index is -4.68. The minimum absolute atomic E-state index is 0.00141. The second-order valence-electron chi connectivity index (χ2n) is 11.6. The van der Waals surface area contributed by atoms with Crippen LogP contribution < -0.4 is 21.3 Å². The van der Waals surface area contributed by atoms with Crippen LogP contribution >= 0.6 is 23.4 Å². The van der Waals surface area contributed by atoms with Crippen LogP contribution in [-0.2, 0) is 19.1 Å². The number of fused-ring (bicyclic) bond motifs is 1. The highest BCUT2D eigenvalue weighted by molar-refractivity contribution is 8.00. The highest BCUT2D eigenvalue weighted by Gasteiger charge is 2.48. The molecule has 39 heavy (non-hydrogen) atoms. The third-order valence-electron chi connectivity index (χ3n) is 9.08. The number of piperidine rings is 2. The molecule has 222 valence electrons. The third-order valence-corrected chi connectivity index (χ3v) is 10.8. The van der Waals surface area contributed by atoms with Crippen molar-refractivity contribution in [2.45, 2.75) is 85.9 Å². The minimum Gasteiger partial charge on any atom is -0.380 e. The van der Waals surface area contributed by atoms with Crippen molar-refractivity contribution in [3.63, 3.8) is 0 Å². The Morgan fingerprint density at radius 1 is 1.08 bits per heavy atom. The van der Waals surface area contributed by atoms with Gasteiger partial charge >= 0.3 is 6.36 Å². The normalized spacial score (nSPS) is 42.9. The van der Waals surface area contributed by atoms with Gasteiger partial charge in [0, 0.05) is 56.5 Å². The number of alkyl halides is 4. The molecule has 4 aliphatic heterocycles. The lowest BCUT2D eigenvalue weighted by Crippen LogP contribution is -2.57. The number of hydrogen-bond acceptors (Lipinski definition) is 8. The number of methoxy groups -OCH3 is 1. The van der Waals surface area contributed by atoms with E-state index >= 15 is 0 Å². The average Bonchev–Trinajstić information content (AvgIpc) is 3.58. The Hall–Kier alpha value is -0.830. The Balaban J connectivity index is 1.13. The van der Waals surface area contributed by atoms with Crippen LogP contribution in [0, 0.1) is 23.7 Å². The summed E-state index contributed by atoms with van der Waals surface area (Å²) in [5.74, 6) is -0.421. The smallest absolute Gasteiger partial charge is 0.380 e. The Bertz CT molecular complexity index is 892. The molecule has 11 atom stereocenters. The predicted octanol–water partition coefficient (Wildman–Crippen LogP) is 1.81. The molecule has 1 aliphatic carbocycles. The van der Waals surface area contributed by atoms with Crippen molar-refractivity contribution in [2.24, 2.45) is 23.7 Å². The van der Waals surface area contributed by atoms with Gasteiger partial charge in [-0.15, -0.1) is 36.5 Å². The number of amides is 2. The van der Waals surface area contributed by atoms with E-state index in [1.807, 2.05) is 0 Å². The van der Waals surface area contributed by atoms with E-state index in [2.05, 4.69) is 32.9 Å². The maximum Gasteiger partial charge on any atom is 0.522 e. The van der Waals surface area contributed by atoms with Crippen LogP contribution in [0.4, 0.5) is 13.2 Å². The van der Waals surface area contributed by atoms with Crippen LogP contribution in [0.1, 0.15) is 39.0 Å². The first-order valence-electron chi connectivity index (χ1n) is 13.9. The van der Waals surface area contributed by atoms with Crippen LogP contribution in [0.3, 0.4) is 0 Å². The largest absolute Gasteiger partial charge is 0.522 e. The predicted molar refractivity (Wildman–Crippen MR) is 141 cm³/mol. The summed E-state index contributed by atoms with van der Waals surface area (Å²) < 4.78 is 47.5. The fourth-order valence-electron chi connectivity index (χ4n) is 7.16. The number of carbonyl (C=O) groups is 2. The van der Waals surface area contributed by atoms with Gasteiger partial charge in [-0.1, -0.05) is 0 Å². The van der Waals surface area contributed by atoms with Crippen LogP contribution in [0.5, 0.6) is 0 Å². The highest BCUT2D eigenvalue weighted by Crippen LogP contribution is 2.39. The third kappa shape index (κ3) is 6.98. The van der Waals surface area contributed by atoms with Crippen molar-refractivity contribution in [1.82, 2.24) is 26.2 Å². The summed E-state index contributed by atoms with van der Waals surface area (Å²) in [6.07, 6.45) is -3.26. The number of rotatable bonds is 6. The number of ether oxygens (including phenoxy) is 2. The lowest BCUT2D eigenvalue weighted by atomic mass is 9.70. The van der Waals surface area contributed by atoms with Gasteiger partial charge in [-0.05, 0) is 50.9 Å². The molecule has 4 saturated heterocycles. The zero-order valence-electron chi connectivity index (χ0n) is 22.2. The van der Waals surface area contributed by atoms with Crippen LogP contribution in [0.15, 0.2) is 0 Å². The standard InChI is InChI=1S/C25H39ClF3N5O4S/c1-12-5-15(16-7-21(26)31-9-19(16)37-2)17(8-30-12)22(35)33-24-32-18-10-34(11-20(18)39-24)23(36)13-3-4-14(6-13)38-25(27,28)29/h12-21,24,30-32H,3-11H2,1-2H3,(H,33,35). The molecule has 0 aromatic rings. The number of nitrogens with one attached hydrogen (secondary N) is 4. The van der Waals surface area contributed by atoms with Crippen molar-refractivity contribution in [3.05, 3.63) is 0 Å². The number of nitrogens with zero attached hydrogens (tertiary/aromatic N) is 1. The van der Waals surface area contributed by atoms with E-state index in [-0.39, 0.29) is 70.8 Å². The molecule has 5 rings (SSSR count). The molecule has 11 unspecified atom stereocenters. The van der Waals surface area contributed by atoms with E-state index in [1.165, 1.54) is 0 Å². The van der Waals surface area contributed by atoms with Gasteiger partial charge in [-0.3, -0.25) is 25.0 Å². The number of hydrogen-bond donors (Lipinski definition) is 4. The molecule has 0 spiro atoms. The van der Waals surface area contributed by atoms with Gasteiger partial charge in [-0.25, -0.2) is 0 Å². The van der Waals surface area contributed by atoms with Crippen LogP contribution in [0.2, 0.25) is 0 Å². The second kappa shape index (κ2) is 12.2. The maximum atomic E-state index is 13.5. The van der Waals surface area contributed by atoms with E-state index in [9.17, 15) is 22.8 Å². The van der Waals surface area contributed by atoms with Gasteiger partial charge in [0.05, 0.1) is 23.6 Å². The van der Waals surface area contributed by atoms with Gasteiger partial charge in [0.2, 0.25) is 11.8 Å². The molecule has 0 aromatic carbocycles. The molecule has 14 heteroatoms. The first kappa shape index (κ1) is 29.7. The first-order valence-corrected chi connectivity index (χ1v) is 15.3.